The van der Waals surface area contributed by atoms with Crippen LogP contribution in [0.25, 0.3) is 6.08 Å². The lowest BCUT2D eigenvalue weighted by atomic mass is 10.2. The van der Waals surface area contributed by atoms with E-state index in [9.17, 15) is 9.18 Å². The number of nitrogens with one attached hydrogen (secondary N) is 1. The van der Waals surface area contributed by atoms with Gasteiger partial charge in [-0.3, -0.25) is 14.2 Å². The summed E-state index contributed by atoms with van der Waals surface area (Å²) in [6.45, 7) is 2.25. The van der Waals surface area contributed by atoms with Crippen LogP contribution >= 0.6 is 11.6 Å². The van der Waals surface area contributed by atoms with Crippen LogP contribution in [0.3, 0.4) is 0 Å². The van der Waals surface area contributed by atoms with Gasteiger partial charge < -0.3 is 5.32 Å². The molecule has 8 heteroatoms. The largest absolute Gasteiger partial charge is 0.306 e. The van der Waals surface area contributed by atoms with Crippen LogP contribution in [0.2, 0.25) is 5.02 Å². The van der Waals surface area contributed by atoms with Crippen molar-refractivity contribution in [1.82, 2.24) is 19.6 Å². The fourth-order valence-electron chi connectivity index (χ4n) is 2.41. The minimum atomic E-state index is -0.385. The molecule has 1 aromatic carbocycles. The van der Waals surface area contributed by atoms with E-state index in [1.165, 1.54) is 18.2 Å². The zero-order chi connectivity index (χ0) is 18.7. The molecule has 2 aromatic heterocycles. The number of halogens is 2. The summed E-state index contributed by atoms with van der Waals surface area (Å²) >= 11 is 6.06. The average molecular weight is 374 g/mol. The third kappa shape index (κ3) is 4.37. The molecule has 2 heterocycles. The van der Waals surface area contributed by atoms with Crippen molar-refractivity contribution in [2.45, 2.75) is 13.5 Å². The van der Waals surface area contributed by atoms with Crippen LogP contribution in [0.4, 0.5) is 10.2 Å². The van der Waals surface area contributed by atoms with E-state index in [1.807, 2.05) is 6.92 Å². The van der Waals surface area contributed by atoms with Crippen molar-refractivity contribution in [3.05, 3.63) is 70.4 Å². The lowest BCUT2D eigenvalue weighted by molar-refractivity contribution is -0.111. The molecule has 0 radical (unpaired) electrons. The fraction of sp³-hybridized carbons (Fsp3) is 0.167. The first kappa shape index (κ1) is 17.9. The number of rotatable bonds is 5. The van der Waals surface area contributed by atoms with Crippen molar-refractivity contribution in [3.8, 4) is 0 Å². The molecule has 0 spiro atoms. The van der Waals surface area contributed by atoms with Crippen LogP contribution in [0.5, 0.6) is 0 Å². The van der Waals surface area contributed by atoms with E-state index in [4.69, 9.17) is 11.6 Å². The minimum Gasteiger partial charge on any atom is -0.306 e. The molecular weight excluding hydrogens is 357 g/mol. The third-order valence-electron chi connectivity index (χ3n) is 3.72. The van der Waals surface area contributed by atoms with Crippen LogP contribution in [-0.4, -0.2) is 25.5 Å². The van der Waals surface area contributed by atoms with Crippen molar-refractivity contribution < 1.29 is 9.18 Å². The first-order valence-electron chi connectivity index (χ1n) is 7.87. The van der Waals surface area contributed by atoms with Crippen LogP contribution in [-0.2, 0) is 18.4 Å². The summed E-state index contributed by atoms with van der Waals surface area (Å²) in [5.74, 6) is -0.246. The van der Waals surface area contributed by atoms with Crippen LogP contribution in [0.1, 0.15) is 16.8 Å². The van der Waals surface area contributed by atoms with Crippen LogP contribution in [0, 0.1) is 12.7 Å². The second-order valence-electron chi connectivity index (χ2n) is 5.83. The van der Waals surface area contributed by atoms with E-state index in [-0.39, 0.29) is 11.7 Å². The van der Waals surface area contributed by atoms with Crippen molar-refractivity contribution in [3.63, 3.8) is 0 Å². The topological polar surface area (TPSA) is 64.7 Å². The molecule has 0 aliphatic rings. The molecule has 0 saturated carbocycles. The normalized spacial score (nSPS) is 11.2. The van der Waals surface area contributed by atoms with Gasteiger partial charge in [-0.2, -0.15) is 10.2 Å². The van der Waals surface area contributed by atoms with Gasteiger partial charge in [-0.15, -0.1) is 0 Å². The monoisotopic (exact) mass is 373 g/mol. The van der Waals surface area contributed by atoms with E-state index in [2.05, 4.69) is 15.5 Å². The Labute approximate surface area is 154 Å². The van der Waals surface area contributed by atoms with Gasteiger partial charge in [0, 0.05) is 41.7 Å². The third-order valence-corrected chi connectivity index (χ3v) is 4.07. The first-order chi connectivity index (χ1) is 12.4. The molecule has 0 atom stereocenters. The number of anilines is 1. The number of hydrogen-bond donors (Lipinski definition) is 1. The Morgan fingerprint density at radius 3 is 2.88 bits per heavy atom. The Morgan fingerprint density at radius 2 is 2.19 bits per heavy atom. The van der Waals surface area contributed by atoms with Gasteiger partial charge in [0.2, 0.25) is 5.91 Å². The number of hydrogen-bond acceptors (Lipinski definition) is 3. The molecule has 0 aliphatic heterocycles. The number of amides is 1. The second-order valence-corrected chi connectivity index (χ2v) is 6.24. The molecule has 0 fully saturated rings. The Hall–Kier alpha value is -2.93. The van der Waals surface area contributed by atoms with Gasteiger partial charge in [-0.1, -0.05) is 17.7 Å². The predicted molar refractivity (Wildman–Crippen MR) is 98.3 cm³/mol. The standard InChI is InChI=1S/C18H17ClFN5O/c1-12-7-17(22-18(26)6-3-13-9-21-24(2)10-13)23-25(12)11-14-4-5-15(20)8-16(14)19/h3-10H,11H2,1-2H3,(H,22,23,26)/b6-3+. The van der Waals surface area contributed by atoms with E-state index in [1.54, 1.807) is 47.0 Å². The number of carbonyl (C=O) groups is 1. The summed E-state index contributed by atoms with van der Waals surface area (Å²) in [7, 11) is 1.81. The van der Waals surface area contributed by atoms with Gasteiger partial charge in [-0.05, 0) is 30.7 Å². The maximum Gasteiger partial charge on any atom is 0.249 e. The maximum atomic E-state index is 13.1. The number of aromatic nitrogens is 4. The van der Waals surface area contributed by atoms with E-state index >= 15 is 0 Å². The van der Waals surface area contributed by atoms with Crippen molar-refractivity contribution in [1.29, 1.82) is 0 Å². The molecule has 0 aliphatic carbocycles. The zero-order valence-corrected chi connectivity index (χ0v) is 15.0. The van der Waals surface area contributed by atoms with Gasteiger partial charge in [0.25, 0.3) is 0 Å². The van der Waals surface area contributed by atoms with E-state index in [0.29, 0.717) is 17.4 Å². The van der Waals surface area contributed by atoms with Gasteiger partial charge in [0.15, 0.2) is 5.82 Å². The summed E-state index contributed by atoms with van der Waals surface area (Å²) < 4.78 is 16.5. The molecule has 0 unspecified atom stereocenters. The van der Waals surface area contributed by atoms with Crippen molar-refractivity contribution >= 4 is 29.4 Å². The number of benzene rings is 1. The van der Waals surface area contributed by atoms with Gasteiger partial charge >= 0.3 is 0 Å². The Balaban J connectivity index is 1.67. The highest BCUT2D eigenvalue weighted by Gasteiger charge is 2.09. The zero-order valence-electron chi connectivity index (χ0n) is 14.3. The van der Waals surface area contributed by atoms with Crippen LogP contribution in [0.15, 0.2) is 42.7 Å². The van der Waals surface area contributed by atoms with Crippen molar-refractivity contribution in [2.75, 3.05) is 5.32 Å². The molecule has 3 aromatic rings. The smallest absolute Gasteiger partial charge is 0.249 e. The molecule has 134 valence electrons. The highest BCUT2D eigenvalue weighted by molar-refractivity contribution is 6.31. The molecule has 1 amide bonds. The maximum absolute atomic E-state index is 13.1. The molecule has 26 heavy (non-hydrogen) atoms. The summed E-state index contributed by atoms with van der Waals surface area (Å²) in [6.07, 6.45) is 6.55. The second kappa shape index (κ2) is 7.53. The quantitative estimate of drug-likeness (QED) is 0.697. The fourth-order valence-corrected chi connectivity index (χ4v) is 2.64. The highest BCUT2D eigenvalue weighted by Crippen LogP contribution is 2.19. The van der Waals surface area contributed by atoms with Crippen LogP contribution < -0.4 is 5.32 Å². The SMILES string of the molecule is Cc1cc(NC(=O)/C=C/c2cnn(C)c2)nn1Cc1ccc(F)cc1Cl. The number of nitrogens with zero attached hydrogens (tertiary/aromatic N) is 4. The number of carbonyl (C=O) groups excluding carboxylic acids is 1. The molecule has 0 bridgehead atoms. The van der Waals surface area contributed by atoms with Gasteiger partial charge in [0.05, 0.1) is 12.7 Å². The predicted octanol–water partition coefficient (Wildman–Crippen LogP) is 3.42. The summed E-state index contributed by atoms with van der Waals surface area (Å²) in [4.78, 5) is 12.0. The molecule has 6 nitrogen and oxygen atoms in total. The Kier molecular flexibility index (Phi) is 5.18. The van der Waals surface area contributed by atoms with E-state index in [0.717, 1.165) is 16.8 Å². The van der Waals surface area contributed by atoms with Gasteiger partial charge in [-0.25, -0.2) is 4.39 Å². The van der Waals surface area contributed by atoms with Gasteiger partial charge in [0.1, 0.15) is 5.82 Å². The molecule has 1 N–H and O–H groups in total. The molecule has 3 rings (SSSR count). The number of aryl methyl sites for hydroxylation is 2. The Morgan fingerprint density at radius 1 is 1.38 bits per heavy atom. The summed E-state index contributed by atoms with van der Waals surface area (Å²) in [6, 6.07) is 5.99. The molecule has 0 saturated heterocycles. The van der Waals surface area contributed by atoms with E-state index < -0.39 is 0 Å². The molecular formula is C18H17ClFN5O. The lowest BCUT2D eigenvalue weighted by Gasteiger charge is -2.06. The first-order valence-corrected chi connectivity index (χ1v) is 8.24. The average Bonchev–Trinajstić information content (AvgIpc) is 3.14. The minimum absolute atomic E-state index is 0.293. The Bertz CT molecular complexity index is 976. The summed E-state index contributed by atoms with van der Waals surface area (Å²) in [5.41, 5.74) is 2.42. The lowest BCUT2D eigenvalue weighted by Crippen LogP contribution is -2.09. The summed E-state index contributed by atoms with van der Waals surface area (Å²) in [5, 5.41) is 11.4. The van der Waals surface area contributed by atoms with Crippen molar-refractivity contribution in [2.24, 2.45) is 7.05 Å². The highest BCUT2D eigenvalue weighted by atomic mass is 35.5.